The zero-order valence-corrected chi connectivity index (χ0v) is 19.7. The summed E-state index contributed by atoms with van der Waals surface area (Å²) in [6.07, 6.45) is 6.08. The molecule has 0 radical (unpaired) electrons. The minimum Gasteiger partial charge on any atom is -0.368 e. The van der Waals surface area contributed by atoms with Gasteiger partial charge >= 0.3 is 0 Å². The summed E-state index contributed by atoms with van der Waals surface area (Å²) in [5.74, 6) is 2.58. The number of anilines is 4. The van der Waals surface area contributed by atoms with Crippen LogP contribution in [0, 0.1) is 0 Å². The lowest BCUT2D eigenvalue weighted by Crippen LogP contribution is -2.47. The van der Waals surface area contributed by atoms with Gasteiger partial charge in [-0.1, -0.05) is 18.2 Å². The van der Waals surface area contributed by atoms with Crippen molar-refractivity contribution in [3.8, 4) is 0 Å². The minimum atomic E-state index is 0.491. The molecule has 170 valence electrons. The SMILES string of the molecule is C[C@@H]1CCCCN1c1cc(N2CCN(c3ccccc3)CC2)nc(NC(=S)NC2CC2)n1. The van der Waals surface area contributed by atoms with E-state index < -0.39 is 0 Å². The Kier molecular flexibility index (Phi) is 6.30. The molecule has 1 aliphatic carbocycles. The third-order valence-electron chi connectivity index (χ3n) is 6.66. The first kappa shape index (κ1) is 21.2. The molecule has 32 heavy (non-hydrogen) atoms. The molecule has 0 unspecified atom stereocenters. The lowest BCUT2D eigenvalue weighted by Gasteiger charge is -2.38. The van der Waals surface area contributed by atoms with E-state index >= 15 is 0 Å². The van der Waals surface area contributed by atoms with E-state index in [-0.39, 0.29) is 0 Å². The lowest BCUT2D eigenvalue weighted by molar-refractivity contribution is 0.481. The molecule has 0 amide bonds. The standard InChI is InChI=1S/C24H33N7S/c1-18-7-5-6-12-31(18)22-17-21(26-23(27-22)28-24(32)25-19-10-11-19)30-15-13-29(14-16-30)20-8-3-2-4-9-20/h2-4,8-9,17-19H,5-7,10-16H2,1H3,(H2,25,26,27,28,32)/t18-/m1/s1. The van der Waals surface area contributed by atoms with Crippen LogP contribution in [-0.2, 0) is 0 Å². The van der Waals surface area contributed by atoms with Crippen molar-refractivity contribution in [1.29, 1.82) is 0 Å². The molecular formula is C24H33N7S. The fourth-order valence-electron chi connectivity index (χ4n) is 4.61. The highest BCUT2D eigenvalue weighted by atomic mass is 32.1. The third-order valence-corrected chi connectivity index (χ3v) is 6.88. The first-order chi connectivity index (χ1) is 15.7. The van der Waals surface area contributed by atoms with Gasteiger partial charge in [0.15, 0.2) is 5.11 Å². The van der Waals surface area contributed by atoms with Gasteiger partial charge in [0.05, 0.1) is 0 Å². The molecule has 3 heterocycles. The number of thiocarbonyl (C=S) groups is 1. The van der Waals surface area contributed by atoms with E-state index in [2.05, 4.69) is 68.7 Å². The molecule has 2 aromatic rings. The van der Waals surface area contributed by atoms with Gasteiger partial charge < -0.3 is 25.3 Å². The zero-order valence-electron chi connectivity index (χ0n) is 18.8. The minimum absolute atomic E-state index is 0.491. The molecule has 0 spiro atoms. The van der Waals surface area contributed by atoms with Gasteiger partial charge in [-0.25, -0.2) is 0 Å². The van der Waals surface area contributed by atoms with Crippen LogP contribution in [0.4, 0.5) is 23.3 Å². The van der Waals surface area contributed by atoms with E-state index in [1.807, 2.05) is 0 Å². The van der Waals surface area contributed by atoms with Gasteiger partial charge in [-0.3, -0.25) is 0 Å². The summed E-state index contributed by atoms with van der Waals surface area (Å²) in [5, 5.41) is 7.22. The summed E-state index contributed by atoms with van der Waals surface area (Å²) in [4.78, 5) is 17.0. The normalized spacial score (nSPS) is 21.4. The lowest BCUT2D eigenvalue weighted by atomic mass is 10.0. The van der Waals surface area contributed by atoms with Crippen LogP contribution in [0.1, 0.15) is 39.0 Å². The summed E-state index contributed by atoms with van der Waals surface area (Å²) >= 11 is 5.51. The summed E-state index contributed by atoms with van der Waals surface area (Å²) in [6, 6.07) is 13.8. The highest BCUT2D eigenvalue weighted by molar-refractivity contribution is 7.80. The topological polar surface area (TPSA) is 59.6 Å². The van der Waals surface area contributed by atoms with Crippen molar-refractivity contribution in [2.75, 3.05) is 52.7 Å². The van der Waals surface area contributed by atoms with Crippen LogP contribution in [0.2, 0.25) is 0 Å². The number of nitrogens with one attached hydrogen (secondary N) is 2. The number of benzene rings is 1. The third kappa shape index (κ3) is 5.06. The number of para-hydroxylation sites is 1. The molecule has 1 aromatic carbocycles. The number of nitrogens with zero attached hydrogens (tertiary/aromatic N) is 5. The fraction of sp³-hybridized carbons (Fsp3) is 0.542. The van der Waals surface area contributed by atoms with Gasteiger partial charge in [-0.2, -0.15) is 9.97 Å². The largest absolute Gasteiger partial charge is 0.368 e. The first-order valence-electron chi connectivity index (χ1n) is 11.9. The van der Waals surface area contributed by atoms with Gasteiger partial charge in [0.1, 0.15) is 11.6 Å². The van der Waals surface area contributed by atoms with E-state index in [0.717, 1.165) is 44.4 Å². The average Bonchev–Trinajstić information content (AvgIpc) is 3.64. The molecule has 1 aromatic heterocycles. The number of hydrogen-bond donors (Lipinski definition) is 2. The number of aromatic nitrogens is 2. The quantitative estimate of drug-likeness (QED) is 0.669. The molecule has 3 aliphatic rings. The zero-order chi connectivity index (χ0) is 21.9. The second-order valence-electron chi connectivity index (χ2n) is 9.13. The molecule has 2 saturated heterocycles. The average molecular weight is 452 g/mol. The molecule has 0 bridgehead atoms. The van der Waals surface area contributed by atoms with E-state index in [0.29, 0.717) is 23.1 Å². The van der Waals surface area contributed by atoms with E-state index in [1.165, 1.54) is 37.8 Å². The van der Waals surface area contributed by atoms with Crippen LogP contribution >= 0.6 is 12.2 Å². The van der Waals surface area contributed by atoms with Gasteiger partial charge in [0.2, 0.25) is 5.95 Å². The van der Waals surface area contributed by atoms with Crippen LogP contribution in [0.25, 0.3) is 0 Å². The van der Waals surface area contributed by atoms with Gasteiger partial charge in [0.25, 0.3) is 0 Å². The Morgan fingerprint density at radius 1 is 0.906 bits per heavy atom. The summed E-state index contributed by atoms with van der Waals surface area (Å²) in [6.45, 7) is 7.17. The molecule has 3 fully saturated rings. The maximum Gasteiger partial charge on any atom is 0.232 e. The summed E-state index contributed by atoms with van der Waals surface area (Å²) in [5.41, 5.74) is 1.29. The van der Waals surface area contributed by atoms with Crippen molar-refractivity contribution in [3.63, 3.8) is 0 Å². The van der Waals surface area contributed by atoms with E-state index in [1.54, 1.807) is 0 Å². The number of hydrogen-bond acceptors (Lipinski definition) is 6. The predicted octanol–water partition coefficient (Wildman–Crippen LogP) is 3.63. The van der Waals surface area contributed by atoms with Crippen LogP contribution in [-0.4, -0.2) is 59.9 Å². The van der Waals surface area contributed by atoms with E-state index in [9.17, 15) is 0 Å². The van der Waals surface area contributed by atoms with Gasteiger partial charge in [-0.15, -0.1) is 0 Å². The van der Waals surface area contributed by atoms with Crippen LogP contribution < -0.4 is 25.3 Å². The molecular weight excluding hydrogens is 418 g/mol. The second kappa shape index (κ2) is 9.48. The second-order valence-corrected chi connectivity index (χ2v) is 9.54. The van der Waals surface area contributed by atoms with Crippen molar-refractivity contribution in [2.24, 2.45) is 0 Å². The van der Waals surface area contributed by atoms with Crippen molar-refractivity contribution < 1.29 is 0 Å². The molecule has 2 aliphatic heterocycles. The first-order valence-corrected chi connectivity index (χ1v) is 12.3. The number of rotatable bonds is 5. The number of piperazine rings is 1. The van der Waals surface area contributed by atoms with Crippen LogP contribution in [0.5, 0.6) is 0 Å². The maximum absolute atomic E-state index is 5.51. The Labute approximate surface area is 196 Å². The highest BCUT2D eigenvalue weighted by Crippen LogP contribution is 2.28. The smallest absolute Gasteiger partial charge is 0.232 e. The Hall–Kier alpha value is -2.61. The Bertz CT molecular complexity index is 925. The Morgan fingerprint density at radius 2 is 1.62 bits per heavy atom. The summed E-state index contributed by atoms with van der Waals surface area (Å²) < 4.78 is 0. The molecule has 1 saturated carbocycles. The monoisotopic (exact) mass is 451 g/mol. The fourth-order valence-corrected chi connectivity index (χ4v) is 4.87. The number of piperidine rings is 1. The van der Waals surface area contributed by atoms with Crippen LogP contribution in [0.3, 0.4) is 0 Å². The Morgan fingerprint density at radius 3 is 2.34 bits per heavy atom. The molecule has 2 N–H and O–H groups in total. The Balaban J connectivity index is 1.34. The van der Waals surface area contributed by atoms with Crippen molar-refractivity contribution >= 4 is 40.6 Å². The van der Waals surface area contributed by atoms with Crippen molar-refractivity contribution in [3.05, 3.63) is 36.4 Å². The van der Waals surface area contributed by atoms with E-state index in [4.69, 9.17) is 22.2 Å². The molecule has 5 rings (SSSR count). The maximum atomic E-state index is 5.51. The molecule has 1 atom stereocenters. The van der Waals surface area contributed by atoms with Gasteiger partial charge in [0, 0.05) is 56.6 Å². The predicted molar refractivity (Wildman–Crippen MR) is 136 cm³/mol. The highest BCUT2D eigenvalue weighted by Gasteiger charge is 2.25. The molecule has 8 heteroatoms. The van der Waals surface area contributed by atoms with Gasteiger partial charge in [-0.05, 0) is 63.4 Å². The van der Waals surface area contributed by atoms with Crippen molar-refractivity contribution in [1.82, 2.24) is 15.3 Å². The van der Waals surface area contributed by atoms with Crippen LogP contribution in [0.15, 0.2) is 36.4 Å². The summed E-state index contributed by atoms with van der Waals surface area (Å²) in [7, 11) is 0. The molecule has 7 nitrogen and oxygen atoms in total. The van der Waals surface area contributed by atoms with Crippen molar-refractivity contribution in [2.45, 2.75) is 51.1 Å².